The quantitative estimate of drug-likeness (QED) is 0.836. The minimum atomic E-state index is -3.02. The van der Waals surface area contributed by atoms with Crippen LogP contribution in [0.5, 0.6) is 0 Å². The summed E-state index contributed by atoms with van der Waals surface area (Å²) in [5.41, 5.74) is 6.87. The van der Waals surface area contributed by atoms with Crippen LogP contribution in [0, 0.1) is 0 Å². The van der Waals surface area contributed by atoms with Crippen LogP contribution in [0.4, 0.5) is 0 Å². The lowest BCUT2D eigenvalue weighted by Gasteiger charge is -2.32. The first-order valence-corrected chi connectivity index (χ1v) is 8.56. The first-order chi connectivity index (χ1) is 8.88. The highest BCUT2D eigenvalue weighted by molar-refractivity contribution is 7.91. The zero-order chi connectivity index (χ0) is 14.5. The maximum absolute atomic E-state index is 12.0. The molecule has 2 N–H and O–H groups in total. The van der Waals surface area contributed by atoms with E-state index in [1.807, 2.05) is 30.3 Å². The fourth-order valence-corrected chi connectivity index (χ4v) is 3.40. The van der Waals surface area contributed by atoms with Gasteiger partial charge in [-0.05, 0) is 32.3 Å². The van der Waals surface area contributed by atoms with Crippen molar-refractivity contribution in [2.75, 3.05) is 12.3 Å². The van der Waals surface area contributed by atoms with Gasteiger partial charge in [-0.25, -0.2) is 8.42 Å². The fraction of sp³-hybridized carbons (Fsp3) is 0.600. The van der Waals surface area contributed by atoms with Crippen molar-refractivity contribution in [2.24, 2.45) is 5.73 Å². The van der Waals surface area contributed by atoms with Gasteiger partial charge in [0.05, 0.1) is 11.0 Å². The van der Waals surface area contributed by atoms with Crippen LogP contribution in [0.1, 0.15) is 39.2 Å². The standard InChI is InChI=1S/C15H25NO2S/c1-4-15(12-16,14-8-6-5-7-9-14)10-11-19(17,18)13(2)3/h5-9,13H,4,10-12,16H2,1-3H3. The summed E-state index contributed by atoms with van der Waals surface area (Å²) in [6.07, 6.45) is 1.44. The highest BCUT2D eigenvalue weighted by atomic mass is 32.2. The smallest absolute Gasteiger partial charge is 0.152 e. The molecule has 1 aromatic rings. The lowest BCUT2D eigenvalue weighted by atomic mass is 9.76. The number of sulfone groups is 1. The second kappa shape index (κ2) is 6.53. The minimum Gasteiger partial charge on any atom is -0.330 e. The summed E-state index contributed by atoms with van der Waals surface area (Å²) in [6.45, 7) is 6.00. The van der Waals surface area contributed by atoms with Crippen LogP contribution in [-0.4, -0.2) is 26.0 Å². The van der Waals surface area contributed by atoms with Gasteiger partial charge in [0.15, 0.2) is 9.84 Å². The van der Waals surface area contributed by atoms with E-state index in [4.69, 9.17) is 5.73 Å². The van der Waals surface area contributed by atoms with Crippen molar-refractivity contribution in [2.45, 2.75) is 44.3 Å². The highest BCUT2D eigenvalue weighted by Gasteiger charge is 2.31. The van der Waals surface area contributed by atoms with Gasteiger partial charge in [-0.15, -0.1) is 0 Å². The third kappa shape index (κ3) is 3.80. The molecule has 0 fully saturated rings. The third-order valence-corrected chi connectivity index (χ3v) is 6.25. The summed E-state index contributed by atoms with van der Waals surface area (Å²) >= 11 is 0. The predicted molar refractivity (Wildman–Crippen MR) is 81.0 cm³/mol. The predicted octanol–water partition coefficient (Wildman–Crippen LogP) is 2.51. The van der Waals surface area contributed by atoms with Crippen molar-refractivity contribution in [1.82, 2.24) is 0 Å². The van der Waals surface area contributed by atoms with Gasteiger partial charge < -0.3 is 5.73 Å². The maximum atomic E-state index is 12.0. The van der Waals surface area contributed by atoms with Crippen molar-refractivity contribution in [3.8, 4) is 0 Å². The Kier molecular flexibility index (Phi) is 5.56. The van der Waals surface area contributed by atoms with Crippen molar-refractivity contribution < 1.29 is 8.42 Å². The molecule has 0 aliphatic carbocycles. The van der Waals surface area contributed by atoms with Crippen LogP contribution in [0.2, 0.25) is 0 Å². The molecule has 0 saturated heterocycles. The van der Waals surface area contributed by atoms with Crippen molar-refractivity contribution in [3.63, 3.8) is 0 Å². The van der Waals surface area contributed by atoms with Gasteiger partial charge in [-0.3, -0.25) is 0 Å². The van der Waals surface area contributed by atoms with Crippen molar-refractivity contribution in [1.29, 1.82) is 0 Å². The van der Waals surface area contributed by atoms with Crippen LogP contribution >= 0.6 is 0 Å². The number of hydrogen-bond acceptors (Lipinski definition) is 3. The van der Waals surface area contributed by atoms with Crippen LogP contribution in [0.15, 0.2) is 30.3 Å². The summed E-state index contributed by atoms with van der Waals surface area (Å²) in [5.74, 6) is 0.199. The third-order valence-electron chi connectivity index (χ3n) is 4.04. The van der Waals surface area contributed by atoms with Gasteiger partial charge in [0.2, 0.25) is 0 Å². The molecule has 0 bridgehead atoms. The lowest BCUT2D eigenvalue weighted by Crippen LogP contribution is -2.37. The van der Waals surface area contributed by atoms with Crippen LogP contribution in [-0.2, 0) is 15.3 Å². The molecule has 0 amide bonds. The zero-order valence-corrected chi connectivity index (χ0v) is 12.9. The molecule has 19 heavy (non-hydrogen) atoms. The average Bonchev–Trinajstić information content (AvgIpc) is 2.41. The van der Waals surface area contributed by atoms with E-state index in [0.29, 0.717) is 13.0 Å². The molecule has 1 atom stereocenters. The van der Waals surface area contributed by atoms with Gasteiger partial charge >= 0.3 is 0 Å². The Morgan fingerprint density at radius 3 is 2.21 bits per heavy atom. The van der Waals surface area contributed by atoms with E-state index >= 15 is 0 Å². The molecule has 1 unspecified atom stereocenters. The van der Waals surface area contributed by atoms with Crippen LogP contribution < -0.4 is 5.73 Å². The molecule has 1 aromatic carbocycles. The monoisotopic (exact) mass is 283 g/mol. The summed E-state index contributed by atoms with van der Waals surface area (Å²) in [4.78, 5) is 0. The van der Waals surface area contributed by atoms with Gasteiger partial charge in [0.1, 0.15) is 0 Å². The largest absolute Gasteiger partial charge is 0.330 e. The first-order valence-electron chi connectivity index (χ1n) is 6.85. The Morgan fingerprint density at radius 2 is 1.79 bits per heavy atom. The SMILES string of the molecule is CCC(CN)(CCS(=O)(=O)C(C)C)c1ccccc1. The Hall–Kier alpha value is -0.870. The summed E-state index contributed by atoms with van der Waals surface area (Å²) in [5, 5.41) is -0.324. The van der Waals surface area contributed by atoms with E-state index in [1.54, 1.807) is 13.8 Å². The Balaban J connectivity index is 2.97. The molecule has 0 spiro atoms. The minimum absolute atomic E-state index is 0.199. The fourth-order valence-electron chi connectivity index (χ4n) is 2.25. The van der Waals surface area contributed by atoms with Crippen molar-refractivity contribution >= 4 is 9.84 Å². The molecule has 108 valence electrons. The summed E-state index contributed by atoms with van der Waals surface area (Å²) < 4.78 is 24.0. The molecule has 4 heteroatoms. The zero-order valence-electron chi connectivity index (χ0n) is 12.1. The van der Waals surface area contributed by atoms with Crippen molar-refractivity contribution in [3.05, 3.63) is 35.9 Å². The number of rotatable bonds is 7. The molecule has 0 radical (unpaired) electrons. The number of hydrogen-bond donors (Lipinski definition) is 1. The van der Waals surface area contributed by atoms with Gasteiger partial charge in [-0.1, -0.05) is 37.3 Å². The van der Waals surface area contributed by atoms with E-state index in [1.165, 1.54) is 0 Å². The second-order valence-corrected chi connectivity index (χ2v) is 8.05. The molecular weight excluding hydrogens is 258 g/mol. The van der Waals surface area contributed by atoms with E-state index in [9.17, 15) is 8.42 Å². The van der Waals surface area contributed by atoms with Gasteiger partial charge in [-0.2, -0.15) is 0 Å². The molecular formula is C15H25NO2S. The first kappa shape index (κ1) is 16.2. The summed E-state index contributed by atoms with van der Waals surface area (Å²) in [7, 11) is -3.02. The van der Waals surface area contributed by atoms with E-state index < -0.39 is 9.84 Å². The second-order valence-electron chi connectivity index (χ2n) is 5.37. The number of benzene rings is 1. The Morgan fingerprint density at radius 1 is 1.21 bits per heavy atom. The topological polar surface area (TPSA) is 60.2 Å². The van der Waals surface area contributed by atoms with E-state index in [2.05, 4.69) is 6.92 Å². The van der Waals surface area contributed by atoms with E-state index in [0.717, 1.165) is 12.0 Å². The molecule has 0 aromatic heterocycles. The molecule has 0 heterocycles. The molecule has 1 rings (SSSR count). The molecule has 0 aliphatic rings. The van der Waals surface area contributed by atoms with Crippen LogP contribution in [0.25, 0.3) is 0 Å². The Labute approximate surface area is 117 Å². The normalized spacial score (nSPS) is 15.4. The molecule has 0 aliphatic heterocycles. The molecule has 3 nitrogen and oxygen atoms in total. The molecule has 0 saturated carbocycles. The van der Waals surface area contributed by atoms with Gasteiger partial charge in [0, 0.05) is 12.0 Å². The maximum Gasteiger partial charge on any atom is 0.152 e. The average molecular weight is 283 g/mol. The van der Waals surface area contributed by atoms with E-state index in [-0.39, 0.29) is 16.4 Å². The Bertz CT molecular complexity index is 476. The number of nitrogens with two attached hydrogens (primary N) is 1. The van der Waals surface area contributed by atoms with Crippen LogP contribution in [0.3, 0.4) is 0 Å². The van der Waals surface area contributed by atoms with Gasteiger partial charge in [0.25, 0.3) is 0 Å². The summed E-state index contributed by atoms with van der Waals surface area (Å²) in [6, 6.07) is 10.0. The lowest BCUT2D eigenvalue weighted by molar-refractivity contribution is 0.406. The highest BCUT2D eigenvalue weighted by Crippen LogP contribution is 2.31.